The van der Waals surface area contributed by atoms with Crippen molar-refractivity contribution >= 4 is 11.6 Å². The number of hydrogen-bond acceptors (Lipinski definition) is 5. The number of aryl methyl sites for hydroxylation is 1. The summed E-state index contributed by atoms with van der Waals surface area (Å²) in [5, 5.41) is 19.2. The van der Waals surface area contributed by atoms with Gasteiger partial charge in [-0.1, -0.05) is 5.21 Å². The number of carbonyl (C=O) groups is 1. The van der Waals surface area contributed by atoms with Crippen LogP contribution in [0.3, 0.4) is 0 Å². The molecule has 128 valence electrons. The van der Waals surface area contributed by atoms with Gasteiger partial charge in [-0.2, -0.15) is 5.26 Å². The van der Waals surface area contributed by atoms with Gasteiger partial charge in [-0.3, -0.25) is 4.79 Å². The van der Waals surface area contributed by atoms with Gasteiger partial charge < -0.3 is 9.64 Å². The number of rotatable bonds is 3. The maximum Gasteiger partial charge on any atom is 0.227 e. The molecule has 0 aliphatic carbocycles. The number of H-pyrrole nitrogens is 1. The predicted octanol–water partition coefficient (Wildman–Crippen LogP) is 3.04. The summed E-state index contributed by atoms with van der Waals surface area (Å²) in [6.07, 6.45) is 1.23. The largest absolute Gasteiger partial charge is 0.457 e. The summed E-state index contributed by atoms with van der Waals surface area (Å²) >= 11 is 0. The lowest BCUT2D eigenvalue weighted by Gasteiger charge is -2.26. The molecule has 1 aromatic heterocycles. The molecule has 4 rings (SSSR count). The van der Waals surface area contributed by atoms with Gasteiger partial charge >= 0.3 is 0 Å². The Kier molecular flexibility index (Phi) is 3.86. The fraction of sp³-hybridized carbons (Fsp3) is 0.158. The van der Waals surface area contributed by atoms with Gasteiger partial charge in [0.15, 0.2) is 5.69 Å². The van der Waals surface area contributed by atoms with Crippen molar-refractivity contribution in [3.05, 3.63) is 53.7 Å². The van der Waals surface area contributed by atoms with Crippen molar-refractivity contribution < 1.29 is 9.53 Å². The van der Waals surface area contributed by atoms with E-state index in [-0.39, 0.29) is 5.91 Å². The first kappa shape index (κ1) is 15.8. The fourth-order valence-electron chi connectivity index (χ4n) is 3.02. The van der Waals surface area contributed by atoms with E-state index in [1.54, 1.807) is 11.9 Å². The lowest BCUT2D eigenvalue weighted by atomic mass is 10.0. The van der Waals surface area contributed by atoms with Gasteiger partial charge in [-0.05, 0) is 54.4 Å². The van der Waals surface area contributed by atoms with Crippen LogP contribution in [0, 0.1) is 11.3 Å². The van der Waals surface area contributed by atoms with Crippen LogP contribution >= 0.6 is 0 Å². The average Bonchev–Trinajstić information content (AvgIpc) is 3.14. The second-order valence-electron chi connectivity index (χ2n) is 6.02. The van der Waals surface area contributed by atoms with E-state index in [1.165, 1.54) is 0 Å². The highest BCUT2D eigenvalue weighted by Gasteiger charge is 2.21. The summed E-state index contributed by atoms with van der Waals surface area (Å²) < 4.78 is 5.92. The van der Waals surface area contributed by atoms with Crippen LogP contribution in [0.25, 0.3) is 11.3 Å². The molecule has 7 heteroatoms. The molecule has 2 heterocycles. The topological polar surface area (TPSA) is 94.9 Å². The van der Waals surface area contributed by atoms with Crippen LogP contribution in [0.4, 0.5) is 5.69 Å². The van der Waals surface area contributed by atoms with E-state index in [9.17, 15) is 4.79 Å². The van der Waals surface area contributed by atoms with Crippen molar-refractivity contribution in [1.82, 2.24) is 15.4 Å². The minimum atomic E-state index is 0.131. The maximum absolute atomic E-state index is 11.8. The molecule has 0 fully saturated rings. The average molecular weight is 345 g/mol. The lowest BCUT2D eigenvalue weighted by molar-refractivity contribution is -0.118. The first-order valence-electron chi connectivity index (χ1n) is 8.14. The Labute approximate surface area is 149 Å². The smallest absolute Gasteiger partial charge is 0.227 e. The van der Waals surface area contributed by atoms with Gasteiger partial charge in [0.2, 0.25) is 5.91 Å². The number of carbonyl (C=O) groups excluding carboxylic acids is 1. The number of nitrogens with zero attached hydrogens (tertiary/aromatic N) is 4. The molecular weight excluding hydrogens is 330 g/mol. The summed E-state index contributed by atoms with van der Waals surface area (Å²) in [5.41, 5.74) is 3.65. The molecule has 3 aromatic rings. The highest BCUT2D eigenvalue weighted by molar-refractivity contribution is 5.96. The number of fused-ring (bicyclic) bond motifs is 1. The van der Waals surface area contributed by atoms with Gasteiger partial charge in [-0.25, -0.2) is 5.10 Å². The van der Waals surface area contributed by atoms with Crippen molar-refractivity contribution in [2.75, 3.05) is 11.9 Å². The van der Waals surface area contributed by atoms with Crippen LogP contribution in [0.5, 0.6) is 11.5 Å². The quantitative estimate of drug-likeness (QED) is 0.787. The minimum absolute atomic E-state index is 0.131. The van der Waals surface area contributed by atoms with Gasteiger partial charge in [0.1, 0.15) is 23.3 Å². The Bertz CT molecular complexity index is 1020. The molecule has 1 aliphatic heterocycles. The number of benzene rings is 2. The van der Waals surface area contributed by atoms with E-state index < -0.39 is 0 Å². The van der Waals surface area contributed by atoms with Crippen molar-refractivity contribution in [3.8, 4) is 28.8 Å². The first-order valence-corrected chi connectivity index (χ1v) is 8.14. The van der Waals surface area contributed by atoms with Gasteiger partial charge in [-0.15, -0.1) is 5.10 Å². The lowest BCUT2D eigenvalue weighted by Crippen LogP contribution is -2.30. The Morgan fingerprint density at radius 1 is 1.15 bits per heavy atom. The third-order valence-corrected chi connectivity index (χ3v) is 4.42. The van der Waals surface area contributed by atoms with E-state index in [4.69, 9.17) is 10.00 Å². The van der Waals surface area contributed by atoms with E-state index in [0.29, 0.717) is 23.6 Å². The van der Waals surface area contributed by atoms with Crippen LogP contribution in [-0.2, 0) is 11.2 Å². The van der Waals surface area contributed by atoms with Crippen LogP contribution < -0.4 is 9.64 Å². The van der Waals surface area contributed by atoms with Crippen LogP contribution in [0.1, 0.15) is 17.7 Å². The molecular formula is C19H15N5O2. The molecule has 7 nitrogen and oxygen atoms in total. The number of ether oxygens (including phenoxy) is 1. The normalized spacial score (nSPS) is 13.2. The molecule has 0 spiro atoms. The minimum Gasteiger partial charge on any atom is -0.457 e. The molecule has 0 unspecified atom stereocenters. The van der Waals surface area contributed by atoms with Crippen molar-refractivity contribution in [1.29, 1.82) is 5.26 Å². The number of anilines is 1. The summed E-state index contributed by atoms with van der Waals surface area (Å²) in [6, 6.07) is 15.1. The Morgan fingerprint density at radius 3 is 2.69 bits per heavy atom. The zero-order valence-corrected chi connectivity index (χ0v) is 14.1. The molecule has 0 atom stereocenters. The maximum atomic E-state index is 11.8. The number of amides is 1. The Hall–Kier alpha value is -3.66. The second kappa shape index (κ2) is 6.33. The summed E-state index contributed by atoms with van der Waals surface area (Å²) in [5.74, 6) is 1.53. The van der Waals surface area contributed by atoms with Gasteiger partial charge in [0.25, 0.3) is 0 Å². The SMILES string of the molecule is CN1C(=O)CCc2cc(Oc3ccc(-c4nn[nH]c4C#N)cc3)ccc21. The Balaban J connectivity index is 1.55. The van der Waals surface area contributed by atoms with Crippen molar-refractivity contribution in [2.45, 2.75) is 12.8 Å². The summed E-state index contributed by atoms with van der Waals surface area (Å²) in [4.78, 5) is 13.5. The number of nitrogens with one attached hydrogen (secondary N) is 1. The standard InChI is InChI=1S/C19H15N5O2/c1-24-17-8-7-15(10-13(17)4-9-18(24)25)26-14-5-2-12(3-6-14)19-16(11-20)21-23-22-19/h2-3,5-8,10H,4,9H2,1H3,(H,21,22,23). The van der Waals surface area contributed by atoms with Crippen molar-refractivity contribution in [2.24, 2.45) is 0 Å². The summed E-state index contributed by atoms with van der Waals surface area (Å²) in [7, 11) is 1.79. The molecule has 0 saturated carbocycles. The van der Waals surface area contributed by atoms with Crippen LogP contribution in [-0.4, -0.2) is 28.4 Å². The van der Waals surface area contributed by atoms with E-state index in [1.807, 2.05) is 48.5 Å². The number of nitriles is 1. The number of hydrogen-bond donors (Lipinski definition) is 1. The molecule has 2 aromatic carbocycles. The zero-order chi connectivity index (χ0) is 18.1. The number of aromatic amines is 1. The molecule has 0 bridgehead atoms. The predicted molar refractivity (Wildman–Crippen MR) is 94.8 cm³/mol. The van der Waals surface area contributed by atoms with Gasteiger partial charge in [0, 0.05) is 24.7 Å². The van der Waals surface area contributed by atoms with Crippen LogP contribution in [0.2, 0.25) is 0 Å². The van der Waals surface area contributed by atoms with E-state index in [0.717, 1.165) is 29.0 Å². The third kappa shape index (κ3) is 2.78. The molecule has 1 N–H and O–H groups in total. The highest BCUT2D eigenvalue weighted by Crippen LogP contribution is 2.32. The monoisotopic (exact) mass is 345 g/mol. The Morgan fingerprint density at radius 2 is 1.92 bits per heavy atom. The van der Waals surface area contributed by atoms with E-state index >= 15 is 0 Å². The molecule has 26 heavy (non-hydrogen) atoms. The molecule has 0 saturated heterocycles. The van der Waals surface area contributed by atoms with Gasteiger partial charge in [0.05, 0.1) is 0 Å². The number of aromatic nitrogens is 3. The highest BCUT2D eigenvalue weighted by atomic mass is 16.5. The first-order chi connectivity index (χ1) is 12.7. The van der Waals surface area contributed by atoms with Crippen LogP contribution in [0.15, 0.2) is 42.5 Å². The zero-order valence-electron chi connectivity index (χ0n) is 14.1. The summed E-state index contributed by atoms with van der Waals surface area (Å²) in [6.45, 7) is 0. The fourth-order valence-corrected chi connectivity index (χ4v) is 3.02. The molecule has 1 amide bonds. The third-order valence-electron chi connectivity index (χ3n) is 4.42. The second-order valence-corrected chi connectivity index (χ2v) is 6.02. The molecule has 0 radical (unpaired) electrons. The van der Waals surface area contributed by atoms with Crippen molar-refractivity contribution in [3.63, 3.8) is 0 Å². The van der Waals surface area contributed by atoms with E-state index in [2.05, 4.69) is 15.4 Å². The molecule has 1 aliphatic rings.